The predicted octanol–water partition coefficient (Wildman–Crippen LogP) is 5.65. The molecule has 1 aliphatic rings. The van der Waals surface area contributed by atoms with E-state index in [2.05, 4.69) is 0 Å². The molecule has 1 heterocycles. The molecular formula is C26H18F3NO5S. The van der Waals surface area contributed by atoms with E-state index in [0.717, 1.165) is 6.26 Å². The maximum absolute atomic E-state index is 14.6. The van der Waals surface area contributed by atoms with Gasteiger partial charge in [-0.05, 0) is 40.8 Å². The summed E-state index contributed by atoms with van der Waals surface area (Å²) in [5.41, 5.74) is 1.23. The fourth-order valence-corrected chi connectivity index (χ4v) is 5.25. The van der Waals surface area contributed by atoms with Crippen molar-refractivity contribution in [3.8, 4) is 16.9 Å². The van der Waals surface area contributed by atoms with Crippen molar-refractivity contribution in [1.82, 2.24) is 0 Å². The van der Waals surface area contributed by atoms with Crippen molar-refractivity contribution in [1.29, 1.82) is 0 Å². The highest BCUT2D eigenvalue weighted by Gasteiger charge is 2.42. The van der Waals surface area contributed by atoms with Gasteiger partial charge in [-0.15, -0.1) is 0 Å². The van der Waals surface area contributed by atoms with E-state index < -0.39 is 49.9 Å². The fourth-order valence-electron chi connectivity index (χ4n) is 4.58. The Labute approximate surface area is 204 Å². The fraction of sp³-hybridized carbons (Fsp3) is 0.154. The smallest absolute Gasteiger partial charge is 0.257 e. The SMILES string of the molecule is CS(=O)(=O)c1cccc(-c2cc3c(c4ccccc24)OC(c2cc(F)c(F)cc2F)C([N+](=O)[O-])C3)c1. The summed E-state index contributed by atoms with van der Waals surface area (Å²) in [4.78, 5) is 11.4. The molecule has 1 aliphatic heterocycles. The van der Waals surface area contributed by atoms with Crippen LogP contribution >= 0.6 is 0 Å². The van der Waals surface area contributed by atoms with Gasteiger partial charge in [0.15, 0.2) is 27.6 Å². The molecule has 4 aromatic carbocycles. The van der Waals surface area contributed by atoms with Gasteiger partial charge in [0.1, 0.15) is 11.6 Å². The lowest BCUT2D eigenvalue weighted by Crippen LogP contribution is -2.37. The number of hydrogen-bond acceptors (Lipinski definition) is 5. The summed E-state index contributed by atoms with van der Waals surface area (Å²) < 4.78 is 72.2. The van der Waals surface area contributed by atoms with Gasteiger partial charge in [-0.2, -0.15) is 0 Å². The van der Waals surface area contributed by atoms with E-state index >= 15 is 0 Å². The Kier molecular flexibility index (Phi) is 5.71. The molecule has 36 heavy (non-hydrogen) atoms. The average Bonchev–Trinajstić information content (AvgIpc) is 2.84. The monoisotopic (exact) mass is 513 g/mol. The maximum atomic E-state index is 14.6. The molecule has 6 nitrogen and oxygen atoms in total. The minimum Gasteiger partial charge on any atom is -0.477 e. The number of ether oxygens (including phenoxy) is 1. The summed E-state index contributed by atoms with van der Waals surface area (Å²) >= 11 is 0. The third-order valence-electron chi connectivity index (χ3n) is 6.29. The van der Waals surface area contributed by atoms with Crippen LogP contribution < -0.4 is 4.74 Å². The molecule has 0 saturated heterocycles. The summed E-state index contributed by atoms with van der Waals surface area (Å²) in [7, 11) is -3.48. The van der Waals surface area contributed by atoms with Gasteiger partial charge in [0, 0.05) is 40.2 Å². The standard InChI is InChI=1S/C26H18F3NO5S/c1-36(33,34)16-6-4-5-14(9-16)19-10-15-11-24(30(31)32)26(20-12-22(28)23(29)13-21(20)27)35-25(15)18-8-3-2-7-17(18)19/h2-10,12-13,24,26H,11H2,1H3. The highest BCUT2D eigenvalue weighted by molar-refractivity contribution is 7.90. The summed E-state index contributed by atoms with van der Waals surface area (Å²) in [5.74, 6) is -3.63. The molecule has 0 aliphatic carbocycles. The minimum absolute atomic E-state index is 0.120. The molecule has 0 aromatic heterocycles. The Hall–Kier alpha value is -3.92. The molecular weight excluding hydrogens is 495 g/mol. The molecule has 0 bridgehead atoms. The lowest BCUT2D eigenvalue weighted by Gasteiger charge is -2.30. The van der Waals surface area contributed by atoms with Crippen LogP contribution in [-0.2, 0) is 16.3 Å². The summed E-state index contributed by atoms with van der Waals surface area (Å²) in [6.45, 7) is 0. The molecule has 10 heteroatoms. The molecule has 5 rings (SSSR count). The molecule has 0 N–H and O–H groups in total. The Balaban J connectivity index is 1.72. The van der Waals surface area contributed by atoms with Gasteiger partial charge in [-0.3, -0.25) is 10.1 Å². The highest BCUT2D eigenvalue weighted by atomic mass is 32.2. The molecule has 0 amide bonds. The van der Waals surface area contributed by atoms with Gasteiger partial charge in [-0.1, -0.05) is 36.4 Å². The van der Waals surface area contributed by atoms with Gasteiger partial charge in [0.05, 0.1) is 4.90 Å². The molecule has 0 spiro atoms. The first-order valence-corrected chi connectivity index (χ1v) is 12.7. The Morgan fingerprint density at radius 3 is 2.31 bits per heavy atom. The normalized spacial score (nSPS) is 17.4. The van der Waals surface area contributed by atoms with Crippen molar-refractivity contribution in [3.05, 3.63) is 105 Å². The van der Waals surface area contributed by atoms with Crippen molar-refractivity contribution in [2.75, 3.05) is 6.26 Å². The zero-order chi connectivity index (χ0) is 25.8. The van der Waals surface area contributed by atoms with E-state index in [1.165, 1.54) is 12.1 Å². The molecule has 0 saturated carbocycles. The Bertz CT molecular complexity index is 1660. The Morgan fingerprint density at radius 2 is 1.61 bits per heavy atom. The van der Waals surface area contributed by atoms with Gasteiger partial charge in [0.25, 0.3) is 6.04 Å². The van der Waals surface area contributed by atoms with Crippen LogP contribution in [-0.4, -0.2) is 25.6 Å². The lowest BCUT2D eigenvalue weighted by molar-refractivity contribution is -0.535. The van der Waals surface area contributed by atoms with Crippen LogP contribution in [0.3, 0.4) is 0 Å². The highest BCUT2D eigenvalue weighted by Crippen LogP contribution is 2.45. The van der Waals surface area contributed by atoms with Gasteiger partial charge < -0.3 is 4.74 Å². The number of benzene rings is 4. The van der Waals surface area contributed by atoms with Gasteiger partial charge >= 0.3 is 0 Å². The van der Waals surface area contributed by atoms with Crippen molar-refractivity contribution in [2.45, 2.75) is 23.5 Å². The summed E-state index contributed by atoms with van der Waals surface area (Å²) in [6, 6.07) is 14.5. The summed E-state index contributed by atoms with van der Waals surface area (Å²) in [5, 5.41) is 13.2. The second-order valence-electron chi connectivity index (χ2n) is 8.64. The van der Waals surface area contributed by atoms with Crippen molar-refractivity contribution in [3.63, 3.8) is 0 Å². The number of rotatable bonds is 4. The van der Waals surface area contributed by atoms with Crippen molar-refractivity contribution < 1.29 is 31.2 Å². The van der Waals surface area contributed by atoms with Crippen LogP contribution in [0.1, 0.15) is 17.2 Å². The van der Waals surface area contributed by atoms with E-state index in [0.29, 0.717) is 39.6 Å². The quantitative estimate of drug-likeness (QED) is 0.200. The average molecular weight is 513 g/mol. The molecule has 0 radical (unpaired) electrons. The second kappa shape index (κ2) is 8.63. The van der Waals surface area contributed by atoms with Crippen LogP contribution in [0.4, 0.5) is 13.2 Å². The first kappa shape index (κ1) is 23.8. The number of sulfone groups is 1. The van der Waals surface area contributed by atoms with Crippen LogP contribution in [0, 0.1) is 27.6 Å². The molecule has 184 valence electrons. The second-order valence-corrected chi connectivity index (χ2v) is 10.7. The maximum Gasteiger partial charge on any atom is 0.257 e. The number of nitrogens with zero attached hydrogens (tertiary/aromatic N) is 1. The number of hydrogen-bond donors (Lipinski definition) is 0. The van der Waals surface area contributed by atoms with Crippen molar-refractivity contribution >= 4 is 20.6 Å². The molecule has 0 fully saturated rings. The third-order valence-corrected chi connectivity index (χ3v) is 7.40. The van der Waals surface area contributed by atoms with E-state index in [1.807, 2.05) is 0 Å². The number of nitro groups is 1. The summed E-state index contributed by atoms with van der Waals surface area (Å²) in [6.07, 6.45) is -0.565. The van der Waals surface area contributed by atoms with Crippen LogP contribution in [0.25, 0.3) is 21.9 Å². The first-order valence-electron chi connectivity index (χ1n) is 10.8. The zero-order valence-corrected chi connectivity index (χ0v) is 19.6. The molecule has 2 atom stereocenters. The van der Waals surface area contributed by atoms with Crippen LogP contribution in [0.15, 0.2) is 71.6 Å². The van der Waals surface area contributed by atoms with E-state index in [9.17, 15) is 31.7 Å². The van der Waals surface area contributed by atoms with Crippen molar-refractivity contribution in [2.24, 2.45) is 0 Å². The van der Waals surface area contributed by atoms with E-state index in [-0.39, 0.29) is 17.1 Å². The zero-order valence-electron chi connectivity index (χ0n) is 18.7. The number of fused-ring (bicyclic) bond motifs is 3. The lowest BCUT2D eigenvalue weighted by atomic mass is 9.87. The van der Waals surface area contributed by atoms with E-state index in [1.54, 1.807) is 42.5 Å². The van der Waals surface area contributed by atoms with Crippen LogP contribution in [0.2, 0.25) is 0 Å². The van der Waals surface area contributed by atoms with Crippen LogP contribution in [0.5, 0.6) is 5.75 Å². The predicted molar refractivity (Wildman–Crippen MR) is 127 cm³/mol. The molecule has 2 unspecified atom stereocenters. The minimum atomic E-state index is -3.48. The van der Waals surface area contributed by atoms with Gasteiger partial charge in [0.2, 0.25) is 0 Å². The molecule has 4 aromatic rings. The third kappa shape index (κ3) is 4.07. The van der Waals surface area contributed by atoms with E-state index in [4.69, 9.17) is 4.74 Å². The Morgan fingerprint density at radius 1 is 0.917 bits per heavy atom. The van der Waals surface area contributed by atoms with Gasteiger partial charge in [-0.25, -0.2) is 21.6 Å². The largest absolute Gasteiger partial charge is 0.477 e. The first-order chi connectivity index (χ1) is 17.0. The topological polar surface area (TPSA) is 86.5 Å². The number of halogens is 3.